The molecule has 0 spiro atoms. The van der Waals surface area contributed by atoms with Crippen LogP contribution < -0.4 is 15.4 Å². The van der Waals surface area contributed by atoms with Crippen LogP contribution in [0.2, 0.25) is 0 Å². The van der Waals surface area contributed by atoms with Gasteiger partial charge >= 0.3 is 6.36 Å². The Labute approximate surface area is 131 Å². The number of alkyl halides is 3. The Balaban J connectivity index is 0.00000200. The van der Waals surface area contributed by atoms with Gasteiger partial charge in [-0.25, -0.2) is 0 Å². The van der Waals surface area contributed by atoms with Gasteiger partial charge in [-0.15, -0.1) is 37.1 Å². The molecule has 1 aromatic carbocycles. The first-order chi connectivity index (χ1) is 9.04. The average Bonchev–Trinajstić information content (AvgIpc) is 2.37. The molecule has 1 aromatic rings. The third-order valence-corrected chi connectivity index (χ3v) is 2.54. The van der Waals surface area contributed by atoms with Crippen LogP contribution in [0.4, 0.5) is 13.2 Å². The topological polar surface area (TPSA) is 45.6 Å². The fourth-order valence-electron chi connectivity index (χ4n) is 1.70. The smallest absolute Gasteiger partial charge is 0.405 e. The zero-order chi connectivity index (χ0) is 13.7. The summed E-state index contributed by atoms with van der Waals surface area (Å²) in [6.45, 7) is 1.75. The summed E-state index contributed by atoms with van der Waals surface area (Å²) >= 11 is 0. The second-order valence-electron chi connectivity index (χ2n) is 4.02. The first kappa shape index (κ1) is 16.9. The monoisotopic (exact) mass is 401 g/mol. The summed E-state index contributed by atoms with van der Waals surface area (Å²) in [5.74, 6) is 0.409. The molecule has 0 saturated carbocycles. The maximum Gasteiger partial charge on any atom is 0.573 e. The highest BCUT2D eigenvalue weighted by atomic mass is 127. The Bertz CT molecular complexity index is 466. The van der Waals surface area contributed by atoms with E-state index in [9.17, 15) is 13.2 Å². The number of aliphatic imine (C=N–C) groups is 1. The third-order valence-electron chi connectivity index (χ3n) is 2.54. The van der Waals surface area contributed by atoms with Crippen LogP contribution in [-0.4, -0.2) is 25.4 Å². The molecule has 0 atom stereocenters. The Kier molecular flexibility index (Phi) is 6.37. The van der Waals surface area contributed by atoms with Crippen LogP contribution in [0.25, 0.3) is 0 Å². The molecule has 0 aliphatic carbocycles. The number of benzene rings is 1. The number of nitrogens with zero attached hydrogens (tertiary/aromatic N) is 1. The van der Waals surface area contributed by atoms with Crippen molar-refractivity contribution in [2.45, 2.75) is 19.3 Å². The summed E-state index contributed by atoms with van der Waals surface area (Å²) < 4.78 is 40.7. The number of para-hydroxylation sites is 1. The van der Waals surface area contributed by atoms with Gasteiger partial charge in [-0.1, -0.05) is 18.2 Å². The van der Waals surface area contributed by atoms with Crippen molar-refractivity contribution in [3.8, 4) is 5.75 Å². The Morgan fingerprint density at radius 3 is 2.70 bits per heavy atom. The Hall–Kier alpha value is -1.19. The van der Waals surface area contributed by atoms with Crippen molar-refractivity contribution >= 4 is 29.9 Å². The molecular weight excluding hydrogens is 386 g/mol. The number of nitrogens with one attached hydrogen (secondary N) is 2. The van der Waals surface area contributed by atoms with Crippen molar-refractivity contribution in [3.05, 3.63) is 29.8 Å². The molecular formula is C12H15F3IN3O. The van der Waals surface area contributed by atoms with Crippen LogP contribution in [0.15, 0.2) is 29.3 Å². The average molecular weight is 401 g/mol. The molecule has 1 heterocycles. The first-order valence-electron chi connectivity index (χ1n) is 5.90. The molecule has 1 aliphatic heterocycles. The normalized spacial score (nSPS) is 14.7. The fourth-order valence-corrected chi connectivity index (χ4v) is 1.70. The zero-order valence-corrected chi connectivity index (χ0v) is 12.9. The van der Waals surface area contributed by atoms with Crippen LogP contribution in [0, 0.1) is 0 Å². The number of guanidine groups is 1. The second kappa shape index (κ2) is 7.55. The first-order valence-corrected chi connectivity index (χ1v) is 5.90. The highest BCUT2D eigenvalue weighted by molar-refractivity contribution is 14.0. The van der Waals surface area contributed by atoms with Crippen molar-refractivity contribution < 1.29 is 17.9 Å². The molecule has 8 heteroatoms. The molecule has 2 rings (SSSR count). The van der Waals surface area contributed by atoms with Gasteiger partial charge in [-0.05, 0) is 12.5 Å². The highest BCUT2D eigenvalue weighted by Gasteiger charge is 2.31. The summed E-state index contributed by atoms with van der Waals surface area (Å²) in [7, 11) is 0. The maximum absolute atomic E-state index is 12.2. The standard InChI is InChI=1S/C12H14F3N3O.HI/c13-12(14,15)19-10-5-2-1-4-9(10)8-18-11-16-6-3-7-17-11;/h1-2,4-5H,3,6-8H2,(H2,16,17,18);1H. The molecule has 0 bridgehead atoms. The van der Waals surface area contributed by atoms with E-state index in [2.05, 4.69) is 20.4 Å². The summed E-state index contributed by atoms with van der Waals surface area (Å²) in [6, 6.07) is 6.04. The molecule has 2 N–H and O–H groups in total. The third kappa shape index (κ3) is 5.43. The van der Waals surface area contributed by atoms with Crippen molar-refractivity contribution in [1.29, 1.82) is 0 Å². The van der Waals surface area contributed by atoms with Crippen LogP contribution in [0.3, 0.4) is 0 Å². The number of ether oxygens (including phenoxy) is 1. The lowest BCUT2D eigenvalue weighted by Gasteiger charge is -2.17. The second-order valence-corrected chi connectivity index (χ2v) is 4.02. The maximum atomic E-state index is 12.2. The molecule has 112 valence electrons. The number of hydrogen-bond acceptors (Lipinski definition) is 4. The molecule has 0 aromatic heterocycles. The van der Waals surface area contributed by atoms with E-state index in [-0.39, 0.29) is 36.3 Å². The highest BCUT2D eigenvalue weighted by Crippen LogP contribution is 2.25. The Morgan fingerprint density at radius 1 is 1.30 bits per heavy atom. The van der Waals surface area contributed by atoms with Crippen molar-refractivity contribution in [1.82, 2.24) is 10.6 Å². The number of rotatable bonds is 3. The molecule has 0 unspecified atom stereocenters. The lowest BCUT2D eigenvalue weighted by Crippen LogP contribution is -2.40. The van der Waals surface area contributed by atoms with Crippen LogP contribution in [0.5, 0.6) is 5.75 Å². The molecule has 0 fully saturated rings. The molecule has 20 heavy (non-hydrogen) atoms. The van der Waals surface area contributed by atoms with Crippen molar-refractivity contribution in [2.24, 2.45) is 4.99 Å². The summed E-state index contributed by atoms with van der Waals surface area (Å²) in [4.78, 5) is 4.18. The SMILES string of the molecule is FC(F)(F)Oc1ccccc1CNC1=NCCCN1.I. The largest absolute Gasteiger partial charge is 0.573 e. The van der Waals surface area contributed by atoms with E-state index in [1.807, 2.05) is 0 Å². The van der Waals surface area contributed by atoms with Crippen molar-refractivity contribution in [3.63, 3.8) is 0 Å². The van der Waals surface area contributed by atoms with Crippen LogP contribution >= 0.6 is 24.0 Å². The Morgan fingerprint density at radius 2 is 2.05 bits per heavy atom. The van der Waals surface area contributed by atoms with E-state index in [4.69, 9.17) is 0 Å². The van der Waals surface area contributed by atoms with Gasteiger partial charge in [0.1, 0.15) is 5.75 Å². The van der Waals surface area contributed by atoms with Crippen molar-refractivity contribution in [2.75, 3.05) is 13.1 Å². The summed E-state index contributed by atoms with van der Waals surface area (Å²) in [5, 5.41) is 5.99. The van der Waals surface area contributed by atoms with E-state index in [1.165, 1.54) is 12.1 Å². The predicted octanol–water partition coefficient (Wildman–Crippen LogP) is 2.64. The molecule has 1 aliphatic rings. The van der Waals surface area contributed by atoms with E-state index in [1.54, 1.807) is 12.1 Å². The minimum Gasteiger partial charge on any atom is -0.405 e. The zero-order valence-electron chi connectivity index (χ0n) is 10.5. The number of hydrogen-bond donors (Lipinski definition) is 2. The minimum atomic E-state index is -4.68. The predicted molar refractivity (Wildman–Crippen MR) is 80.3 cm³/mol. The molecule has 4 nitrogen and oxygen atoms in total. The van der Waals surface area contributed by atoms with E-state index >= 15 is 0 Å². The fraction of sp³-hybridized carbons (Fsp3) is 0.417. The van der Waals surface area contributed by atoms with Gasteiger partial charge in [0.05, 0.1) is 0 Å². The van der Waals surface area contributed by atoms with Gasteiger partial charge in [0, 0.05) is 25.2 Å². The van der Waals surface area contributed by atoms with Gasteiger partial charge in [-0.3, -0.25) is 4.99 Å². The van der Waals surface area contributed by atoms with Crippen LogP contribution in [0.1, 0.15) is 12.0 Å². The van der Waals surface area contributed by atoms with Gasteiger partial charge < -0.3 is 15.4 Å². The molecule has 0 amide bonds. The molecule has 0 saturated heterocycles. The van der Waals surface area contributed by atoms with Gasteiger partial charge in [-0.2, -0.15) is 0 Å². The van der Waals surface area contributed by atoms with Gasteiger partial charge in [0.25, 0.3) is 0 Å². The minimum absolute atomic E-state index is 0. The van der Waals surface area contributed by atoms with Gasteiger partial charge in [0.2, 0.25) is 0 Å². The summed E-state index contributed by atoms with van der Waals surface area (Å²) in [6.07, 6.45) is -3.73. The molecule has 0 radical (unpaired) electrons. The lowest BCUT2D eigenvalue weighted by atomic mass is 10.2. The summed E-state index contributed by atoms with van der Waals surface area (Å²) in [5.41, 5.74) is 0.426. The van der Waals surface area contributed by atoms with E-state index in [0.717, 1.165) is 19.5 Å². The quantitative estimate of drug-likeness (QED) is 0.766. The van der Waals surface area contributed by atoms with Gasteiger partial charge in [0.15, 0.2) is 5.96 Å². The van der Waals surface area contributed by atoms with Crippen LogP contribution in [-0.2, 0) is 6.54 Å². The lowest BCUT2D eigenvalue weighted by molar-refractivity contribution is -0.274. The van der Waals surface area contributed by atoms with E-state index in [0.29, 0.717) is 11.5 Å². The number of halogens is 4. The van der Waals surface area contributed by atoms with E-state index < -0.39 is 6.36 Å².